The summed E-state index contributed by atoms with van der Waals surface area (Å²) in [5.74, 6) is 0.102. The number of para-hydroxylation sites is 1. The van der Waals surface area contributed by atoms with Gasteiger partial charge in [0.2, 0.25) is 5.95 Å². The molecular formula is C19H17BrN4O. The molecule has 1 heterocycles. The number of anilines is 3. The SMILES string of the molecule is Cc1ccc(Nc2nc(C)cc(C(=O)Nc3ccccc3Br)n2)cc1. The van der Waals surface area contributed by atoms with Gasteiger partial charge < -0.3 is 10.6 Å². The average Bonchev–Trinajstić information content (AvgIpc) is 2.58. The molecule has 0 atom stereocenters. The third kappa shape index (κ3) is 4.42. The largest absolute Gasteiger partial charge is 0.324 e. The molecule has 0 unspecified atom stereocenters. The molecule has 0 aliphatic heterocycles. The van der Waals surface area contributed by atoms with E-state index in [0.717, 1.165) is 10.2 Å². The first-order valence-corrected chi connectivity index (χ1v) is 8.56. The number of benzene rings is 2. The van der Waals surface area contributed by atoms with Crippen molar-refractivity contribution in [2.24, 2.45) is 0 Å². The Bertz CT molecular complexity index is 910. The molecule has 0 saturated heterocycles. The van der Waals surface area contributed by atoms with Gasteiger partial charge in [0.05, 0.1) is 5.69 Å². The third-order valence-electron chi connectivity index (χ3n) is 3.52. The average molecular weight is 397 g/mol. The summed E-state index contributed by atoms with van der Waals surface area (Å²) in [4.78, 5) is 21.2. The van der Waals surface area contributed by atoms with E-state index in [-0.39, 0.29) is 5.91 Å². The van der Waals surface area contributed by atoms with Crippen molar-refractivity contribution in [3.63, 3.8) is 0 Å². The predicted molar refractivity (Wildman–Crippen MR) is 103 cm³/mol. The van der Waals surface area contributed by atoms with Gasteiger partial charge in [-0.05, 0) is 60.1 Å². The van der Waals surface area contributed by atoms with E-state index in [9.17, 15) is 4.79 Å². The number of nitrogens with one attached hydrogen (secondary N) is 2. The van der Waals surface area contributed by atoms with Crippen molar-refractivity contribution in [2.45, 2.75) is 13.8 Å². The summed E-state index contributed by atoms with van der Waals surface area (Å²) in [6, 6.07) is 17.0. The zero-order valence-electron chi connectivity index (χ0n) is 13.9. The summed E-state index contributed by atoms with van der Waals surface area (Å²) in [6.45, 7) is 3.86. The van der Waals surface area contributed by atoms with Crippen LogP contribution in [0.4, 0.5) is 17.3 Å². The van der Waals surface area contributed by atoms with Crippen LogP contribution in [0.2, 0.25) is 0 Å². The topological polar surface area (TPSA) is 66.9 Å². The highest BCUT2D eigenvalue weighted by Crippen LogP contribution is 2.22. The summed E-state index contributed by atoms with van der Waals surface area (Å²) in [7, 11) is 0. The van der Waals surface area contributed by atoms with Crippen molar-refractivity contribution < 1.29 is 4.79 Å². The van der Waals surface area contributed by atoms with E-state index < -0.39 is 0 Å². The molecule has 0 saturated carbocycles. The van der Waals surface area contributed by atoms with Gasteiger partial charge in [-0.2, -0.15) is 0 Å². The van der Waals surface area contributed by atoms with Gasteiger partial charge in [-0.25, -0.2) is 9.97 Å². The van der Waals surface area contributed by atoms with E-state index in [0.29, 0.717) is 23.0 Å². The van der Waals surface area contributed by atoms with Crippen LogP contribution in [0.25, 0.3) is 0 Å². The van der Waals surface area contributed by atoms with Crippen LogP contribution in [-0.2, 0) is 0 Å². The van der Waals surface area contributed by atoms with Crippen molar-refractivity contribution in [3.8, 4) is 0 Å². The fourth-order valence-corrected chi connectivity index (χ4v) is 2.64. The lowest BCUT2D eigenvalue weighted by Gasteiger charge is -2.10. The number of hydrogen-bond donors (Lipinski definition) is 2. The molecule has 0 aliphatic carbocycles. The Morgan fingerprint density at radius 2 is 1.72 bits per heavy atom. The fourth-order valence-electron chi connectivity index (χ4n) is 2.26. The van der Waals surface area contributed by atoms with Crippen LogP contribution < -0.4 is 10.6 Å². The normalized spacial score (nSPS) is 10.4. The number of halogens is 1. The predicted octanol–water partition coefficient (Wildman–Crippen LogP) is 4.85. The van der Waals surface area contributed by atoms with Gasteiger partial charge >= 0.3 is 0 Å². The Balaban J connectivity index is 1.82. The van der Waals surface area contributed by atoms with E-state index in [4.69, 9.17) is 0 Å². The van der Waals surface area contributed by atoms with Gasteiger partial charge in [0.15, 0.2) is 0 Å². The summed E-state index contributed by atoms with van der Waals surface area (Å²) in [5, 5.41) is 5.98. The third-order valence-corrected chi connectivity index (χ3v) is 4.21. The number of rotatable bonds is 4. The molecule has 1 aromatic heterocycles. The van der Waals surface area contributed by atoms with Gasteiger partial charge in [0, 0.05) is 15.9 Å². The van der Waals surface area contributed by atoms with Crippen LogP contribution >= 0.6 is 15.9 Å². The minimum absolute atomic E-state index is 0.288. The van der Waals surface area contributed by atoms with E-state index >= 15 is 0 Å². The number of amides is 1. The highest BCUT2D eigenvalue weighted by Gasteiger charge is 2.12. The zero-order chi connectivity index (χ0) is 17.8. The number of aryl methyl sites for hydroxylation is 2. The molecule has 0 fully saturated rings. The molecule has 5 nitrogen and oxygen atoms in total. The quantitative estimate of drug-likeness (QED) is 0.661. The molecule has 2 N–H and O–H groups in total. The van der Waals surface area contributed by atoms with Crippen molar-refractivity contribution in [1.82, 2.24) is 9.97 Å². The monoisotopic (exact) mass is 396 g/mol. The second-order valence-electron chi connectivity index (χ2n) is 5.64. The Labute approximate surface area is 154 Å². The van der Waals surface area contributed by atoms with Crippen LogP contribution in [0.5, 0.6) is 0 Å². The zero-order valence-corrected chi connectivity index (χ0v) is 15.5. The van der Waals surface area contributed by atoms with Gasteiger partial charge in [0.25, 0.3) is 5.91 Å². The first kappa shape index (κ1) is 17.1. The summed E-state index contributed by atoms with van der Waals surface area (Å²) in [6.07, 6.45) is 0. The summed E-state index contributed by atoms with van der Waals surface area (Å²) in [5.41, 5.74) is 3.74. The maximum Gasteiger partial charge on any atom is 0.274 e. The molecule has 3 aromatic rings. The number of carbonyl (C=O) groups is 1. The minimum Gasteiger partial charge on any atom is -0.324 e. The molecule has 2 aromatic carbocycles. The lowest BCUT2D eigenvalue weighted by molar-refractivity contribution is 0.102. The molecule has 0 aliphatic rings. The van der Waals surface area contributed by atoms with Gasteiger partial charge in [-0.3, -0.25) is 4.79 Å². The smallest absolute Gasteiger partial charge is 0.274 e. The van der Waals surface area contributed by atoms with Crippen molar-refractivity contribution in [3.05, 3.63) is 76.0 Å². The van der Waals surface area contributed by atoms with Crippen LogP contribution in [0.1, 0.15) is 21.7 Å². The lowest BCUT2D eigenvalue weighted by atomic mass is 10.2. The second kappa shape index (κ2) is 7.44. The van der Waals surface area contributed by atoms with E-state index in [1.165, 1.54) is 5.56 Å². The molecule has 3 rings (SSSR count). The fraction of sp³-hybridized carbons (Fsp3) is 0.105. The molecule has 6 heteroatoms. The van der Waals surface area contributed by atoms with Crippen LogP contribution in [-0.4, -0.2) is 15.9 Å². The van der Waals surface area contributed by atoms with Gasteiger partial charge in [-0.15, -0.1) is 0 Å². The molecule has 0 radical (unpaired) electrons. The molecule has 0 spiro atoms. The van der Waals surface area contributed by atoms with Crippen LogP contribution in [0.3, 0.4) is 0 Å². The number of carbonyl (C=O) groups excluding carboxylic acids is 1. The van der Waals surface area contributed by atoms with E-state index in [1.54, 1.807) is 6.07 Å². The first-order chi connectivity index (χ1) is 12.0. The Hall–Kier alpha value is -2.73. The first-order valence-electron chi connectivity index (χ1n) is 7.76. The van der Waals surface area contributed by atoms with Gasteiger partial charge in [0.1, 0.15) is 5.69 Å². The standard InChI is InChI=1S/C19H17BrN4O/c1-12-7-9-14(10-8-12)22-19-21-13(2)11-17(24-19)18(25)23-16-6-4-3-5-15(16)20/h3-11H,1-2H3,(H,23,25)(H,21,22,24). The summed E-state index contributed by atoms with van der Waals surface area (Å²) >= 11 is 3.42. The van der Waals surface area contributed by atoms with Crippen molar-refractivity contribution in [1.29, 1.82) is 0 Å². The maximum atomic E-state index is 12.5. The van der Waals surface area contributed by atoms with Crippen LogP contribution in [0, 0.1) is 13.8 Å². The highest BCUT2D eigenvalue weighted by molar-refractivity contribution is 9.10. The van der Waals surface area contributed by atoms with Crippen molar-refractivity contribution in [2.75, 3.05) is 10.6 Å². The molecule has 1 amide bonds. The summed E-state index contributed by atoms with van der Waals surface area (Å²) < 4.78 is 0.812. The van der Waals surface area contributed by atoms with Crippen LogP contribution in [0.15, 0.2) is 59.1 Å². The van der Waals surface area contributed by atoms with Crippen molar-refractivity contribution >= 4 is 39.2 Å². The van der Waals surface area contributed by atoms with E-state index in [1.807, 2.05) is 62.4 Å². The Morgan fingerprint density at radius 3 is 2.44 bits per heavy atom. The highest BCUT2D eigenvalue weighted by atomic mass is 79.9. The number of hydrogen-bond acceptors (Lipinski definition) is 4. The molecule has 126 valence electrons. The van der Waals surface area contributed by atoms with E-state index in [2.05, 4.69) is 36.5 Å². The number of aromatic nitrogens is 2. The maximum absolute atomic E-state index is 12.5. The number of nitrogens with zero attached hydrogens (tertiary/aromatic N) is 2. The minimum atomic E-state index is -0.288. The Kier molecular flexibility index (Phi) is 5.09. The van der Waals surface area contributed by atoms with Gasteiger partial charge in [-0.1, -0.05) is 29.8 Å². The molecule has 0 bridgehead atoms. The molecular weight excluding hydrogens is 380 g/mol. The second-order valence-corrected chi connectivity index (χ2v) is 6.50. The molecule has 25 heavy (non-hydrogen) atoms. The lowest BCUT2D eigenvalue weighted by Crippen LogP contribution is -2.15. The Morgan fingerprint density at radius 1 is 1.00 bits per heavy atom.